The molecule has 0 spiro atoms. The third-order valence-corrected chi connectivity index (χ3v) is 4.76. The summed E-state index contributed by atoms with van der Waals surface area (Å²) in [4.78, 5) is 26.6. The number of benzene rings is 1. The van der Waals surface area contributed by atoms with Crippen LogP contribution < -0.4 is 10.9 Å². The van der Waals surface area contributed by atoms with Crippen molar-refractivity contribution in [1.29, 1.82) is 0 Å². The van der Waals surface area contributed by atoms with Gasteiger partial charge >= 0.3 is 6.03 Å². The van der Waals surface area contributed by atoms with Crippen molar-refractivity contribution in [2.75, 3.05) is 11.9 Å². The zero-order valence-electron chi connectivity index (χ0n) is 15.6. The lowest BCUT2D eigenvalue weighted by atomic mass is 10.1. The van der Waals surface area contributed by atoms with Gasteiger partial charge in [0.1, 0.15) is 12.0 Å². The molecule has 2 heterocycles. The van der Waals surface area contributed by atoms with Gasteiger partial charge in [0.2, 0.25) is 0 Å². The second kappa shape index (κ2) is 8.37. The summed E-state index contributed by atoms with van der Waals surface area (Å²) in [5.41, 5.74) is 1.66. The van der Waals surface area contributed by atoms with Gasteiger partial charge in [-0.25, -0.2) is 4.79 Å². The fraction of sp³-hybridized carbons (Fsp3) is 0.400. The number of hydrogen-bond acceptors (Lipinski definition) is 4. The lowest BCUT2D eigenvalue weighted by Gasteiger charge is -2.35. The lowest BCUT2D eigenvalue weighted by molar-refractivity contribution is -0.0901. The molecule has 0 fully saturated rings. The molecule has 0 radical (unpaired) electrons. The molecule has 1 aliphatic rings. The van der Waals surface area contributed by atoms with E-state index >= 15 is 0 Å². The molecule has 7 nitrogen and oxygen atoms in total. The SMILES string of the molecule is CC[C@@H](CO)O[C@H](C)N1Cc2ccc(=O)n(Cc3ccccc3)c2NC1=O. The monoisotopic (exact) mass is 371 g/mol. The van der Waals surface area contributed by atoms with Gasteiger partial charge < -0.3 is 9.84 Å². The number of ether oxygens (including phenoxy) is 1. The van der Waals surface area contributed by atoms with Crippen molar-refractivity contribution in [2.24, 2.45) is 0 Å². The number of nitrogens with one attached hydrogen (secondary N) is 1. The highest BCUT2D eigenvalue weighted by Crippen LogP contribution is 2.25. The zero-order chi connectivity index (χ0) is 19.4. The Morgan fingerprint density at radius 2 is 1.93 bits per heavy atom. The summed E-state index contributed by atoms with van der Waals surface area (Å²) in [5.74, 6) is 0.522. The Balaban J connectivity index is 1.85. The third kappa shape index (κ3) is 4.20. The summed E-state index contributed by atoms with van der Waals surface area (Å²) < 4.78 is 7.35. The van der Waals surface area contributed by atoms with Crippen molar-refractivity contribution in [3.8, 4) is 0 Å². The molecule has 2 aromatic rings. The molecule has 7 heteroatoms. The van der Waals surface area contributed by atoms with E-state index in [1.807, 2.05) is 37.3 Å². The normalized spacial score (nSPS) is 15.8. The standard InChI is InChI=1S/C20H25N3O4/c1-3-17(13-24)27-14(2)22-12-16-9-10-18(25)23(19(16)21-20(22)26)11-15-7-5-4-6-8-15/h4-10,14,17,24H,3,11-13H2,1-2H3,(H,21,26)/t14-,17+/m1/s1. The molecule has 2 atom stereocenters. The number of fused-ring (bicyclic) bond motifs is 1. The molecule has 3 rings (SSSR count). The van der Waals surface area contributed by atoms with E-state index in [4.69, 9.17) is 4.74 Å². The Kier molecular flexibility index (Phi) is 5.93. The van der Waals surface area contributed by atoms with Crippen LogP contribution in [0, 0.1) is 0 Å². The van der Waals surface area contributed by atoms with Gasteiger partial charge in [-0.1, -0.05) is 37.3 Å². The van der Waals surface area contributed by atoms with Crippen LogP contribution in [-0.4, -0.2) is 39.5 Å². The number of aliphatic hydroxyl groups excluding tert-OH is 1. The molecule has 1 aliphatic heterocycles. The molecule has 1 aromatic heterocycles. The van der Waals surface area contributed by atoms with Crippen molar-refractivity contribution in [1.82, 2.24) is 9.47 Å². The van der Waals surface area contributed by atoms with Crippen LogP contribution in [0.5, 0.6) is 0 Å². The van der Waals surface area contributed by atoms with Crippen LogP contribution in [0.3, 0.4) is 0 Å². The molecule has 0 saturated heterocycles. The maximum Gasteiger partial charge on any atom is 0.325 e. The van der Waals surface area contributed by atoms with Crippen LogP contribution in [0.1, 0.15) is 31.4 Å². The lowest BCUT2D eigenvalue weighted by Crippen LogP contribution is -2.48. The van der Waals surface area contributed by atoms with E-state index < -0.39 is 6.23 Å². The van der Waals surface area contributed by atoms with Crippen molar-refractivity contribution in [2.45, 2.75) is 45.7 Å². The van der Waals surface area contributed by atoms with Gasteiger partial charge in [-0.15, -0.1) is 0 Å². The molecule has 27 heavy (non-hydrogen) atoms. The number of carbonyl (C=O) groups is 1. The first-order valence-electron chi connectivity index (χ1n) is 9.14. The summed E-state index contributed by atoms with van der Waals surface area (Å²) in [6.07, 6.45) is -0.158. The van der Waals surface area contributed by atoms with Crippen LogP contribution in [0.15, 0.2) is 47.3 Å². The molecule has 0 aliphatic carbocycles. The number of urea groups is 1. The summed E-state index contributed by atoms with van der Waals surface area (Å²) >= 11 is 0. The van der Waals surface area contributed by atoms with Crippen molar-refractivity contribution in [3.05, 3.63) is 63.9 Å². The van der Waals surface area contributed by atoms with E-state index in [9.17, 15) is 14.7 Å². The molecule has 2 N–H and O–H groups in total. The van der Waals surface area contributed by atoms with E-state index in [1.165, 1.54) is 6.07 Å². The summed E-state index contributed by atoms with van der Waals surface area (Å²) in [7, 11) is 0. The van der Waals surface area contributed by atoms with Gasteiger partial charge in [-0.2, -0.15) is 0 Å². The number of aromatic nitrogens is 1. The van der Waals surface area contributed by atoms with Crippen molar-refractivity contribution >= 4 is 11.8 Å². The van der Waals surface area contributed by atoms with Crippen LogP contribution in [0.4, 0.5) is 10.6 Å². The summed E-state index contributed by atoms with van der Waals surface area (Å²) in [6.45, 7) is 4.32. The van der Waals surface area contributed by atoms with E-state index in [0.29, 0.717) is 25.3 Å². The van der Waals surface area contributed by atoms with Crippen LogP contribution >= 0.6 is 0 Å². The molecule has 144 valence electrons. The van der Waals surface area contributed by atoms with Gasteiger partial charge in [0.25, 0.3) is 5.56 Å². The molecule has 0 unspecified atom stereocenters. The molecule has 0 bridgehead atoms. The highest BCUT2D eigenvalue weighted by molar-refractivity contribution is 5.91. The fourth-order valence-corrected chi connectivity index (χ4v) is 3.17. The van der Waals surface area contributed by atoms with Crippen LogP contribution in [-0.2, 0) is 17.8 Å². The number of amides is 2. The largest absolute Gasteiger partial charge is 0.394 e. The fourth-order valence-electron chi connectivity index (χ4n) is 3.17. The Morgan fingerprint density at radius 3 is 2.59 bits per heavy atom. The number of nitrogens with zero attached hydrogens (tertiary/aromatic N) is 2. The first-order valence-corrected chi connectivity index (χ1v) is 9.14. The van der Waals surface area contributed by atoms with Crippen molar-refractivity contribution < 1.29 is 14.6 Å². The number of carbonyl (C=O) groups excluding carboxylic acids is 1. The minimum atomic E-state index is -0.496. The summed E-state index contributed by atoms with van der Waals surface area (Å²) in [6, 6.07) is 12.6. The van der Waals surface area contributed by atoms with Gasteiger partial charge in [-0.3, -0.25) is 19.6 Å². The Hall–Kier alpha value is -2.64. The number of pyridine rings is 1. The highest BCUT2D eigenvalue weighted by atomic mass is 16.5. The first kappa shape index (κ1) is 19.1. The number of hydrogen-bond donors (Lipinski definition) is 2. The Morgan fingerprint density at radius 1 is 1.19 bits per heavy atom. The van der Waals surface area contributed by atoms with E-state index in [1.54, 1.807) is 22.5 Å². The Bertz CT molecular complexity index is 846. The maximum atomic E-state index is 12.6. The molecule has 2 amide bonds. The van der Waals surface area contributed by atoms with E-state index in [2.05, 4.69) is 5.32 Å². The zero-order valence-corrected chi connectivity index (χ0v) is 15.6. The molecule has 0 saturated carbocycles. The number of rotatable bonds is 7. The van der Waals surface area contributed by atoms with Crippen LogP contribution in [0.25, 0.3) is 0 Å². The average molecular weight is 371 g/mol. The van der Waals surface area contributed by atoms with Gasteiger partial charge in [-0.05, 0) is 25.0 Å². The first-order chi connectivity index (χ1) is 13.0. The van der Waals surface area contributed by atoms with Gasteiger partial charge in [0, 0.05) is 11.6 Å². The maximum absolute atomic E-state index is 12.6. The van der Waals surface area contributed by atoms with E-state index in [0.717, 1.165) is 11.1 Å². The highest BCUT2D eigenvalue weighted by Gasteiger charge is 2.30. The Labute approximate surface area is 158 Å². The smallest absolute Gasteiger partial charge is 0.325 e. The number of aliphatic hydroxyl groups is 1. The molecular formula is C20H25N3O4. The quantitative estimate of drug-likeness (QED) is 0.783. The predicted molar refractivity (Wildman–Crippen MR) is 103 cm³/mol. The second-order valence-electron chi connectivity index (χ2n) is 6.62. The minimum Gasteiger partial charge on any atom is -0.394 e. The molecular weight excluding hydrogens is 346 g/mol. The minimum absolute atomic E-state index is 0.0937. The number of anilines is 1. The average Bonchev–Trinajstić information content (AvgIpc) is 2.68. The molecule has 1 aromatic carbocycles. The third-order valence-electron chi connectivity index (χ3n) is 4.76. The predicted octanol–water partition coefficient (Wildman–Crippen LogP) is 2.38. The topological polar surface area (TPSA) is 83.8 Å². The van der Waals surface area contributed by atoms with Gasteiger partial charge in [0.15, 0.2) is 0 Å². The van der Waals surface area contributed by atoms with Crippen LogP contribution in [0.2, 0.25) is 0 Å². The van der Waals surface area contributed by atoms with E-state index in [-0.39, 0.29) is 24.3 Å². The summed E-state index contributed by atoms with van der Waals surface area (Å²) in [5, 5.41) is 12.2. The van der Waals surface area contributed by atoms with Gasteiger partial charge in [0.05, 0.1) is 25.8 Å². The van der Waals surface area contributed by atoms with Crippen molar-refractivity contribution in [3.63, 3.8) is 0 Å². The second-order valence-corrected chi connectivity index (χ2v) is 6.62.